The van der Waals surface area contributed by atoms with Crippen molar-refractivity contribution in [1.82, 2.24) is 4.98 Å². The lowest BCUT2D eigenvalue weighted by molar-refractivity contribution is -0.136. The van der Waals surface area contributed by atoms with Gasteiger partial charge in [-0.05, 0) is 40.9 Å². The monoisotopic (exact) mass is 416 g/mol. The largest absolute Gasteiger partial charge is 0.497 e. The number of carbonyl (C=O) groups excluding carboxylic acids is 1. The predicted molar refractivity (Wildman–Crippen MR) is 116 cm³/mol. The number of hydrogen-bond acceptors (Lipinski definition) is 5. The van der Waals surface area contributed by atoms with Gasteiger partial charge in [0.15, 0.2) is 12.5 Å². The summed E-state index contributed by atoms with van der Waals surface area (Å²) in [6, 6.07) is 7.15. The van der Waals surface area contributed by atoms with Gasteiger partial charge >= 0.3 is 0 Å². The van der Waals surface area contributed by atoms with E-state index in [1.807, 2.05) is 24.3 Å². The zero-order valence-corrected chi connectivity index (χ0v) is 19.4. The summed E-state index contributed by atoms with van der Waals surface area (Å²) >= 11 is 0. The fourth-order valence-corrected chi connectivity index (χ4v) is 10.4. The van der Waals surface area contributed by atoms with Gasteiger partial charge in [-0.1, -0.05) is 41.5 Å². The fourth-order valence-electron chi connectivity index (χ4n) is 4.88. The first-order valence-electron chi connectivity index (χ1n) is 10.3. The van der Waals surface area contributed by atoms with Crippen molar-refractivity contribution in [3.8, 4) is 5.75 Å². The number of anilines is 1. The van der Waals surface area contributed by atoms with Gasteiger partial charge in [-0.2, -0.15) is 0 Å². The van der Waals surface area contributed by atoms with Gasteiger partial charge in [0.05, 0.1) is 13.3 Å². The molecule has 0 bridgehead atoms. The number of methoxy groups -OCH3 is 1. The van der Waals surface area contributed by atoms with Crippen molar-refractivity contribution in [1.29, 1.82) is 0 Å². The molecule has 2 aromatic rings. The molecule has 0 spiro atoms. The molecule has 0 aliphatic carbocycles. The summed E-state index contributed by atoms with van der Waals surface area (Å²) in [6.45, 7) is 13.3. The Morgan fingerprint density at radius 3 is 2.07 bits per heavy atom. The molecular weight excluding hydrogens is 384 g/mol. The molecule has 1 aliphatic rings. The van der Waals surface area contributed by atoms with E-state index in [1.165, 1.54) is 6.39 Å². The van der Waals surface area contributed by atoms with Gasteiger partial charge in [0.2, 0.25) is 8.32 Å². The standard InChI is InChI=1S/C22H32N2O4Si/c1-14(2)29(15(3)4,16(5)6)28-21-20(19-12-23-13-27-19)24(22(21)25)17-8-10-18(26-7)11-9-17/h8-16,20-21H,1-7H3/t20-,21+/m0/s1. The summed E-state index contributed by atoms with van der Waals surface area (Å²) in [5.41, 5.74) is 1.96. The number of benzene rings is 1. The second-order valence-corrected chi connectivity index (χ2v) is 14.0. The topological polar surface area (TPSA) is 64.8 Å². The van der Waals surface area contributed by atoms with Gasteiger partial charge in [0, 0.05) is 5.69 Å². The van der Waals surface area contributed by atoms with Crippen LogP contribution < -0.4 is 9.64 Å². The van der Waals surface area contributed by atoms with Gasteiger partial charge in [-0.15, -0.1) is 0 Å². The molecule has 0 N–H and O–H groups in total. The number of rotatable bonds is 8. The summed E-state index contributed by atoms with van der Waals surface area (Å²) in [5.74, 6) is 1.36. The summed E-state index contributed by atoms with van der Waals surface area (Å²) in [5, 5.41) is 0. The highest BCUT2D eigenvalue weighted by Gasteiger charge is 2.57. The van der Waals surface area contributed by atoms with E-state index in [-0.39, 0.29) is 11.9 Å². The van der Waals surface area contributed by atoms with Crippen molar-refractivity contribution >= 4 is 19.9 Å². The molecule has 2 heterocycles. The van der Waals surface area contributed by atoms with E-state index in [9.17, 15) is 4.79 Å². The van der Waals surface area contributed by atoms with Crippen LogP contribution in [0.5, 0.6) is 5.75 Å². The van der Waals surface area contributed by atoms with Crippen molar-refractivity contribution < 1.29 is 18.4 Å². The Hall–Kier alpha value is -2.12. The minimum absolute atomic E-state index is 0.0320. The van der Waals surface area contributed by atoms with Crippen LogP contribution in [0.2, 0.25) is 16.6 Å². The molecule has 158 valence electrons. The van der Waals surface area contributed by atoms with Crippen LogP contribution in [-0.2, 0) is 9.22 Å². The Morgan fingerprint density at radius 1 is 1.03 bits per heavy atom. The van der Waals surface area contributed by atoms with E-state index in [2.05, 4.69) is 46.5 Å². The van der Waals surface area contributed by atoms with Crippen LogP contribution in [0.3, 0.4) is 0 Å². The van der Waals surface area contributed by atoms with E-state index in [0.29, 0.717) is 22.4 Å². The van der Waals surface area contributed by atoms with Gasteiger partial charge in [0.25, 0.3) is 5.91 Å². The normalized spacial score (nSPS) is 19.9. The lowest BCUT2D eigenvalue weighted by atomic mass is 9.95. The molecule has 0 saturated carbocycles. The van der Waals surface area contributed by atoms with Gasteiger partial charge < -0.3 is 13.6 Å². The Balaban J connectivity index is 1.97. The van der Waals surface area contributed by atoms with Crippen LogP contribution in [0.15, 0.2) is 41.3 Å². The lowest BCUT2D eigenvalue weighted by Gasteiger charge is -2.52. The van der Waals surface area contributed by atoms with E-state index in [0.717, 1.165) is 11.4 Å². The summed E-state index contributed by atoms with van der Waals surface area (Å²) in [6.07, 6.45) is 2.52. The molecule has 29 heavy (non-hydrogen) atoms. The molecular formula is C22H32N2O4Si. The van der Waals surface area contributed by atoms with E-state index < -0.39 is 14.4 Å². The molecule has 1 fully saturated rings. The number of nitrogens with zero attached hydrogens (tertiary/aromatic N) is 2. The van der Waals surface area contributed by atoms with Crippen molar-refractivity contribution in [2.45, 2.75) is 70.3 Å². The van der Waals surface area contributed by atoms with Crippen molar-refractivity contribution in [3.63, 3.8) is 0 Å². The number of hydrogen-bond donors (Lipinski definition) is 0. The molecule has 1 saturated heterocycles. The minimum Gasteiger partial charge on any atom is -0.497 e. The molecule has 3 rings (SSSR count). The maximum Gasteiger partial charge on any atom is 0.258 e. The average Bonchev–Trinajstić information content (AvgIpc) is 3.19. The molecule has 0 unspecified atom stereocenters. The van der Waals surface area contributed by atoms with Crippen molar-refractivity contribution in [3.05, 3.63) is 42.6 Å². The first kappa shape index (κ1) is 21.6. The molecule has 2 atom stereocenters. The highest BCUT2D eigenvalue weighted by molar-refractivity contribution is 6.77. The average molecular weight is 417 g/mol. The van der Waals surface area contributed by atoms with Crippen LogP contribution in [0, 0.1) is 0 Å². The molecule has 1 aliphatic heterocycles. The van der Waals surface area contributed by atoms with Gasteiger partial charge in [-0.25, -0.2) is 4.98 Å². The van der Waals surface area contributed by atoms with Crippen molar-refractivity contribution in [2.24, 2.45) is 0 Å². The third-order valence-electron chi connectivity index (χ3n) is 6.18. The first-order chi connectivity index (χ1) is 13.7. The van der Waals surface area contributed by atoms with Crippen LogP contribution in [-0.4, -0.2) is 32.4 Å². The van der Waals surface area contributed by atoms with Crippen LogP contribution in [0.1, 0.15) is 53.3 Å². The molecule has 1 aromatic heterocycles. The number of aromatic nitrogens is 1. The second-order valence-electron chi connectivity index (χ2n) is 8.61. The lowest BCUT2D eigenvalue weighted by Crippen LogP contribution is -2.65. The van der Waals surface area contributed by atoms with Crippen LogP contribution in [0.4, 0.5) is 5.69 Å². The van der Waals surface area contributed by atoms with E-state index >= 15 is 0 Å². The summed E-state index contributed by atoms with van der Waals surface area (Å²) < 4.78 is 17.7. The third kappa shape index (κ3) is 3.62. The Bertz CT molecular complexity index is 796. The minimum atomic E-state index is -2.23. The fraction of sp³-hybridized carbons (Fsp3) is 0.545. The zero-order chi connectivity index (χ0) is 21.3. The maximum atomic E-state index is 13.3. The van der Waals surface area contributed by atoms with Crippen LogP contribution in [0.25, 0.3) is 0 Å². The van der Waals surface area contributed by atoms with E-state index in [4.69, 9.17) is 13.6 Å². The Kier molecular flexibility index (Phi) is 6.19. The number of oxazole rings is 1. The Labute approximate surface area is 174 Å². The molecule has 6 nitrogen and oxygen atoms in total. The van der Waals surface area contributed by atoms with Gasteiger partial charge in [0.1, 0.15) is 17.6 Å². The predicted octanol–water partition coefficient (Wildman–Crippen LogP) is 5.33. The number of carbonyl (C=O) groups is 1. The van der Waals surface area contributed by atoms with E-state index in [1.54, 1.807) is 18.2 Å². The number of β-lactam (4-membered cyclic amide) rings is 1. The molecule has 1 amide bonds. The third-order valence-corrected chi connectivity index (χ3v) is 12.3. The SMILES string of the molecule is COc1ccc(N2C(=O)[C@H](O[Si](C(C)C)(C(C)C)C(C)C)[C@@H]2c2cnco2)cc1. The summed E-state index contributed by atoms with van der Waals surface area (Å²) in [7, 11) is -0.607. The van der Waals surface area contributed by atoms with Crippen molar-refractivity contribution in [2.75, 3.05) is 12.0 Å². The van der Waals surface area contributed by atoms with Crippen LogP contribution >= 0.6 is 0 Å². The zero-order valence-electron chi connectivity index (χ0n) is 18.4. The Morgan fingerprint density at radius 2 is 1.62 bits per heavy atom. The first-order valence-corrected chi connectivity index (χ1v) is 12.4. The smallest absolute Gasteiger partial charge is 0.258 e. The highest BCUT2D eigenvalue weighted by atomic mass is 28.4. The maximum absolute atomic E-state index is 13.3. The quantitative estimate of drug-likeness (QED) is 0.430. The number of amides is 1. The number of ether oxygens (including phenoxy) is 1. The molecule has 7 heteroatoms. The second kappa shape index (κ2) is 8.32. The molecule has 1 aromatic carbocycles. The highest BCUT2D eigenvalue weighted by Crippen LogP contribution is 2.48. The molecule has 0 radical (unpaired) electrons. The summed E-state index contributed by atoms with van der Waals surface area (Å²) in [4.78, 5) is 19.1. The van der Waals surface area contributed by atoms with Gasteiger partial charge in [-0.3, -0.25) is 9.69 Å².